The summed E-state index contributed by atoms with van der Waals surface area (Å²) >= 11 is 0. The van der Waals surface area contributed by atoms with Crippen molar-refractivity contribution in [2.45, 2.75) is 60.3 Å². The molecule has 0 aromatic carbocycles. The van der Waals surface area contributed by atoms with Crippen molar-refractivity contribution in [3.8, 4) is 6.07 Å². The quantitative estimate of drug-likeness (QED) is 0.672. The van der Waals surface area contributed by atoms with E-state index in [9.17, 15) is 0 Å². The van der Waals surface area contributed by atoms with Gasteiger partial charge in [0.2, 0.25) is 0 Å². The van der Waals surface area contributed by atoms with Gasteiger partial charge in [0.15, 0.2) is 0 Å². The smallest absolute Gasteiger partial charge is 0.0866 e. The minimum atomic E-state index is 0.635. The summed E-state index contributed by atoms with van der Waals surface area (Å²) in [6, 6.07) is 2.21. The van der Waals surface area contributed by atoms with E-state index in [0.717, 1.165) is 5.92 Å². The minimum Gasteiger partial charge on any atom is -0.388 e. The van der Waals surface area contributed by atoms with E-state index in [0.29, 0.717) is 12.0 Å². The second kappa shape index (κ2) is 13.4. The summed E-state index contributed by atoms with van der Waals surface area (Å²) in [4.78, 5) is 2.26. The summed E-state index contributed by atoms with van der Waals surface area (Å²) in [5.74, 6) is 0.925. The number of hydrogen-bond acceptors (Lipinski definition) is 3. The van der Waals surface area contributed by atoms with E-state index < -0.39 is 0 Å². The van der Waals surface area contributed by atoms with Gasteiger partial charge < -0.3 is 4.74 Å². The molecule has 0 aromatic heterocycles. The van der Waals surface area contributed by atoms with Crippen LogP contribution in [-0.4, -0.2) is 38.8 Å². The Balaban J connectivity index is 0. The molecule has 120 valence electrons. The van der Waals surface area contributed by atoms with Crippen LogP contribution in [0.2, 0.25) is 0 Å². The number of nitrogens with zero attached hydrogens (tertiary/aromatic N) is 2. The largest absolute Gasteiger partial charge is 0.388 e. The molecule has 1 saturated carbocycles. The molecule has 0 aromatic rings. The summed E-state index contributed by atoms with van der Waals surface area (Å²) in [6.45, 7) is 13.6. The Morgan fingerprint density at radius 2 is 1.70 bits per heavy atom. The van der Waals surface area contributed by atoms with E-state index in [-0.39, 0.29) is 0 Å². The number of rotatable bonds is 1. The van der Waals surface area contributed by atoms with Crippen LogP contribution < -0.4 is 0 Å². The van der Waals surface area contributed by atoms with Crippen molar-refractivity contribution in [2.24, 2.45) is 11.3 Å². The lowest BCUT2D eigenvalue weighted by atomic mass is 9.78. The van der Waals surface area contributed by atoms with Gasteiger partial charge in [-0.1, -0.05) is 47.5 Å². The van der Waals surface area contributed by atoms with Crippen molar-refractivity contribution in [1.29, 1.82) is 5.26 Å². The van der Waals surface area contributed by atoms with Gasteiger partial charge in [0.25, 0.3) is 0 Å². The van der Waals surface area contributed by atoms with Gasteiger partial charge in [-0.25, -0.2) is 0 Å². The SMILES string of the molecule is CC.CC1CCC2(C1)CN(CC#N)C2.CCC.COC. The molecule has 3 heteroatoms. The first-order chi connectivity index (χ1) is 9.57. The van der Waals surface area contributed by atoms with Crippen LogP contribution >= 0.6 is 0 Å². The lowest BCUT2D eigenvalue weighted by molar-refractivity contribution is 0.0144. The molecule has 2 rings (SSSR count). The van der Waals surface area contributed by atoms with Crippen LogP contribution in [0.25, 0.3) is 0 Å². The van der Waals surface area contributed by atoms with E-state index in [1.807, 2.05) is 13.8 Å². The van der Waals surface area contributed by atoms with Crippen molar-refractivity contribution in [3.05, 3.63) is 0 Å². The molecule has 1 atom stereocenters. The number of nitriles is 1. The Labute approximate surface area is 127 Å². The van der Waals surface area contributed by atoms with Gasteiger partial charge in [0, 0.05) is 27.3 Å². The molecule has 1 saturated heterocycles. The summed E-state index contributed by atoms with van der Waals surface area (Å²) in [5, 5.41) is 8.49. The third-order valence-corrected chi connectivity index (χ3v) is 3.36. The van der Waals surface area contributed by atoms with E-state index in [1.165, 1.54) is 38.8 Å². The van der Waals surface area contributed by atoms with Gasteiger partial charge in [-0.2, -0.15) is 5.26 Å². The highest BCUT2D eigenvalue weighted by Gasteiger charge is 2.46. The zero-order valence-corrected chi connectivity index (χ0v) is 14.8. The lowest BCUT2D eigenvalue weighted by Crippen LogP contribution is -2.54. The topological polar surface area (TPSA) is 36.3 Å². The summed E-state index contributed by atoms with van der Waals surface area (Å²) in [7, 11) is 3.25. The van der Waals surface area contributed by atoms with Crippen molar-refractivity contribution in [2.75, 3.05) is 33.9 Å². The molecule has 0 amide bonds. The molecule has 20 heavy (non-hydrogen) atoms. The molecule has 0 N–H and O–H groups in total. The average Bonchev–Trinajstić information content (AvgIpc) is 2.76. The van der Waals surface area contributed by atoms with Crippen LogP contribution in [0.3, 0.4) is 0 Å². The fraction of sp³-hybridized carbons (Fsp3) is 0.941. The zero-order chi connectivity index (χ0) is 16.0. The van der Waals surface area contributed by atoms with Crippen LogP contribution in [0, 0.1) is 22.7 Å². The second-order valence-electron chi connectivity index (χ2n) is 5.77. The molecule has 1 aliphatic carbocycles. The van der Waals surface area contributed by atoms with Crippen LogP contribution in [-0.2, 0) is 4.74 Å². The molecule has 2 aliphatic rings. The molecule has 0 bridgehead atoms. The first kappa shape index (κ1) is 21.7. The predicted molar refractivity (Wildman–Crippen MR) is 87.7 cm³/mol. The Morgan fingerprint density at radius 3 is 2.00 bits per heavy atom. The van der Waals surface area contributed by atoms with Crippen molar-refractivity contribution in [3.63, 3.8) is 0 Å². The van der Waals surface area contributed by atoms with Crippen molar-refractivity contribution in [1.82, 2.24) is 4.90 Å². The van der Waals surface area contributed by atoms with Gasteiger partial charge in [-0.05, 0) is 24.2 Å². The van der Waals surface area contributed by atoms with E-state index in [2.05, 4.69) is 36.5 Å². The van der Waals surface area contributed by atoms with Gasteiger partial charge in [0.05, 0.1) is 12.6 Å². The Kier molecular flexibility index (Phi) is 14.5. The Bertz CT molecular complexity index is 240. The fourth-order valence-electron chi connectivity index (χ4n) is 2.90. The monoisotopic (exact) mass is 284 g/mol. The van der Waals surface area contributed by atoms with E-state index in [1.54, 1.807) is 14.2 Å². The second-order valence-corrected chi connectivity index (χ2v) is 5.77. The first-order valence-electron chi connectivity index (χ1n) is 8.06. The molecule has 1 spiro atoms. The maximum absolute atomic E-state index is 8.49. The molecule has 3 nitrogen and oxygen atoms in total. The Morgan fingerprint density at radius 1 is 1.25 bits per heavy atom. The van der Waals surface area contributed by atoms with Crippen molar-refractivity contribution >= 4 is 0 Å². The number of hydrogen-bond donors (Lipinski definition) is 0. The zero-order valence-electron chi connectivity index (χ0n) is 14.8. The maximum Gasteiger partial charge on any atom is 0.0866 e. The van der Waals surface area contributed by atoms with Crippen LogP contribution in [0.15, 0.2) is 0 Å². The Hall–Kier alpha value is -0.590. The van der Waals surface area contributed by atoms with Crippen LogP contribution in [0.1, 0.15) is 60.3 Å². The predicted octanol–water partition coefficient (Wildman–Crippen LogP) is 4.34. The molecule has 1 unspecified atom stereocenters. The summed E-state index contributed by atoms with van der Waals surface area (Å²) < 4.78 is 4.25. The van der Waals surface area contributed by atoms with Crippen molar-refractivity contribution < 1.29 is 4.74 Å². The number of ether oxygens (including phenoxy) is 1. The third kappa shape index (κ3) is 8.55. The van der Waals surface area contributed by atoms with Gasteiger partial charge in [0.1, 0.15) is 0 Å². The molecule has 2 fully saturated rings. The molecular formula is C17H36N2O. The fourth-order valence-corrected chi connectivity index (χ4v) is 2.90. The summed E-state index contributed by atoms with van der Waals surface area (Å²) in [5.41, 5.74) is 0.635. The standard InChI is InChI=1S/C10H16N2.C3H8.C2H6O.C2H6/c1-9-2-3-10(6-9)7-12(8-10)5-4-11;2*1-3-2;1-2/h9H,2-3,5-8H2,1H3;3H2,1-2H3;1-2H3;1-2H3. The molecule has 1 heterocycles. The van der Waals surface area contributed by atoms with Gasteiger partial charge in [-0.15, -0.1) is 0 Å². The highest BCUT2D eigenvalue weighted by Crippen LogP contribution is 2.47. The number of likely N-dealkylation sites (tertiary alicyclic amines) is 1. The van der Waals surface area contributed by atoms with Crippen LogP contribution in [0.4, 0.5) is 0 Å². The summed E-state index contributed by atoms with van der Waals surface area (Å²) in [6.07, 6.45) is 5.45. The first-order valence-corrected chi connectivity index (χ1v) is 8.06. The average molecular weight is 284 g/mol. The van der Waals surface area contributed by atoms with E-state index >= 15 is 0 Å². The lowest BCUT2D eigenvalue weighted by Gasteiger charge is -2.47. The highest BCUT2D eigenvalue weighted by atomic mass is 16.4. The highest BCUT2D eigenvalue weighted by molar-refractivity contribution is 5.01. The van der Waals surface area contributed by atoms with Crippen LogP contribution in [0.5, 0.6) is 0 Å². The van der Waals surface area contributed by atoms with E-state index in [4.69, 9.17) is 5.26 Å². The normalized spacial score (nSPS) is 22.0. The third-order valence-electron chi connectivity index (χ3n) is 3.36. The van der Waals surface area contributed by atoms with Gasteiger partial charge in [-0.3, -0.25) is 4.90 Å². The minimum absolute atomic E-state index is 0.635. The van der Waals surface area contributed by atoms with Gasteiger partial charge >= 0.3 is 0 Å². The maximum atomic E-state index is 8.49. The molecule has 0 radical (unpaired) electrons. The number of methoxy groups -OCH3 is 1. The molecule has 1 aliphatic heterocycles. The molecular weight excluding hydrogens is 248 g/mol.